The van der Waals surface area contributed by atoms with Crippen molar-refractivity contribution in [3.8, 4) is 0 Å². The van der Waals surface area contributed by atoms with Crippen molar-refractivity contribution in [1.82, 2.24) is 19.5 Å². The highest BCUT2D eigenvalue weighted by Gasteiger charge is 2.21. The molecule has 1 unspecified atom stereocenters. The zero-order valence-electron chi connectivity index (χ0n) is 26.1. The Labute approximate surface area is 252 Å². The van der Waals surface area contributed by atoms with Gasteiger partial charge < -0.3 is 24.5 Å². The minimum Gasteiger partial charge on any atom is -0.382 e. The van der Waals surface area contributed by atoms with Gasteiger partial charge in [0.05, 0.1) is 25.6 Å². The standard InChI is InChI=1S/C30H56N5O4PS/c1-26(22-35-24-34-27-28(31)32-23-33-29(27)35)38-25-40(36,37)39-19-17-21-41-20-16-14-12-10-8-6-5-7-9-11-13-15-18-30(2,3)4/h23-24,26H,5-22,25H2,1-4H3,(H,36,37)(H2,31,32,33)/t26-/m1/s1. The lowest BCUT2D eigenvalue weighted by atomic mass is 9.89. The van der Waals surface area contributed by atoms with Crippen molar-refractivity contribution < 1.29 is 18.7 Å². The molecule has 0 radical (unpaired) electrons. The van der Waals surface area contributed by atoms with E-state index in [0.717, 1.165) is 17.9 Å². The number of ether oxygens (including phenoxy) is 1. The van der Waals surface area contributed by atoms with Crippen LogP contribution in [0.2, 0.25) is 0 Å². The van der Waals surface area contributed by atoms with Gasteiger partial charge in [0.15, 0.2) is 11.5 Å². The van der Waals surface area contributed by atoms with Gasteiger partial charge in [-0.2, -0.15) is 11.8 Å². The maximum Gasteiger partial charge on any atom is 0.353 e. The summed E-state index contributed by atoms with van der Waals surface area (Å²) in [5, 5.41) is 0. The molecule has 2 atom stereocenters. The molecule has 2 rings (SSSR count). The fourth-order valence-electron chi connectivity index (χ4n) is 4.72. The molecule has 0 fully saturated rings. The third-order valence-corrected chi connectivity index (χ3v) is 9.31. The van der Waals surface area contributed by atoms with Crippen LogP contribution in [0.1, 0.15) is 118 Å². The number of thioether (sulfide) groups is 1. The summed E-state index contributed by atoms with van der Waals surface area (Å²) in [5.41, 5.74) is 7.44. The molecular weight excluding hydrogens is 557 g/mol. The smallest absolute Gasteiger partial charge is 0.353 e. The average Bonchev–Trinajstić information content (AvgIpc) is 3.32. The van der Waals surface area contributed by atoms with Crippen LogP contribution in [0.3, 0.4) is 0 Å². The van der Waals surface area contributed by atoms with E-state index in [4.69, 9.17) is 15.0 Å². The Hall–Kier alpha value is -1.19. The number of aromatic nitrogens is 4. The Morgan fingerprint density at radius 3 is 2.15 bits per heavy atom. The minimum atomic E-state index is -3.79. The van der Waals surface area contributed by atoms with Crippen molar-refractivity contribution in [1.29, 1.82) is 0 Å². The van der Waals surface area contributed by atoms with Crippen molar-refractivity contribution in [3.63, 3.8) is 0 Å². The molecule has 2 heterocycles. The molecule has 0 spiro atoms. The second-order valence-corrected chi connectivity index (χ2v) is 15.4. The van der Waals surface area contributed by atoms with Crippen LogP contribution < -0.4 is 5.73 Å². The van der Waals surface area contributed by atoms with E-state index in [2.05, 4.69) is 35.7 Å². The molecule has 0 aromatic carbocycles. The minimum absolute atomic E-state index is 0.262. The van der Waals surface area contributed by atoms with Crippen molar-refractivity contribution in [2.24, 2.45) is 5.41 Å². The van der Waals surface area contributed by atoms with E-state index in [0.29, 0.717) is 28.9 Å². The number of unbranched alkanes of at least 4 members (excludes halogenated alkanes) is 11. The zero-order valence-corrected chi connectivity index (χ0v) is 27.8. The van der Waals surface area contributed by atoms with E-state index >= 15 is 0 Å². The molecule has 0 amide bonds. The summed E-state index contributed by atoms with van der Waals surface area (Å²) >= 11 is 1.90. The first-order valence-electron chi connectivity index (χ1n) is 15.6. The fourth-order valence-corrected chi connectivity index (χ4v) is 6.58. The molecule has 0 saturated heterocycles. The van der Waals surface area contributed by atoms with E-state index < -0.39 is 7.60 Å². The summed E-state index contributed by atoms with van der Waals surface area (Å²) in [6.45, 7) is 9.52. The number of imidazole rings is 1. The van der Waals surface area contributed by atoms with Gasteiger partial charge in [-0.1, -0.05) is 91.4 Å². The summed E-state index contributed by atoms with van der Waals surface area (Å²) in [4.78, 5) is 22.5. The molecule has 2 aromatic heterocycles. The van der Waals surface area contributed by atoms with Gasteiger partial charge in [-0.15, -0.1) is 0 Å². The number of anilines is 1. The van der Waals surface area contributed by atoms with Crippen molar-refractivity contribution in [3.05, 3.63) is 12.7 Å². The van der Waals surface area contributed by atoms with Gasteiger partial charge in [0.2, 0.25) is 0 Å². The van der Waals surface area contributed by atoms with E-state index in [1.54, 1.807) is 10.9 Å². The van der Waals surface area contributed by atoms with Crippen molar-refractivity contribution in [2.75, 3.05) is 30.2 Å². The fraction of sp³-hybridized carbons (Fsp3) is 0.833. The lowest BCUT2D eigenvalue weighted by molar-refractivity contribution is 0.0718. The molecule has 11 heteroatoms. The monoisotopic (exact) mass is 613 g/mol. The van der Waals surface area contributed by atoms with Crippen LogP contribution in [0.5, 0.6) is 0 Å². The van der Waals surface area contributed by atoms with Crippen LogP contribution in [-0.2, 0) is 20.4 Å². The highest BCUT2D eigenvalue weighted by atomic mass is 32.2. The van der Waals surface area contributed by atoms with E-state index in [1.807, 2.05) is 18.7 Å². The van der Waals surface area contributed by atoms with Gasteiger partial charge in [0, 0.05) is 0 Å². The van der Waals surface area contributed by atoms with Gasteiger partial charge in [-0.05, 0) is 43.1 Å². The number of nitrogens with zero attached hydrogens (tertiary/aromatic N) is 4. The van der Waals surface area contributed by atoms with Crippen molar-refractivity contribution in [2.45, 2.75) is 130 Å². The van der Waals surface area contributed by atoms with E-state index in [1.165, 1.54) is 89.8 Å². The van der Waals surface area contributed by atoms with Crippen LogP contribution in [0.25, 0.3) is 11.2 Å². The van der Waals surface area contributed by atoms with Gasteiger partial charge in [0.25, 0.3) is 0 Å². The molecule has 0 aliphatic heterocycles. The third-order valence-electron chi connectivity index (χ3n) is 7.10. The first-order valence-corrected chi connectivity index (χ1v) is 18.6. The number of fused-ring (bicyclic) bond motifs is 1. The average molecular weight is 614 g/mol. The zero-order chi connectivity index (χ0) is 30.0. The molecule has 2 aromatic rings. The highest BCUT2D eigenvalue weighted by Crippen LogP contribution is 2.42. The number of rotatable bonds is 24. The molecule has 236 valence electrons. The summed E-state index contributed by atoms with van der Waals surface area (Å²) in [7, 11) is -3.79. The highest BCUT2D eigenvalue weighted by molar-refractivity contribution is 7.99. The number of nitrogens with two attached hydrogens (primary N) is 1. The van der Waals surface area contributed by atoms with Crippen LogP contribution in [0.4, 0.5) is 5.82 Å². The van der Waals surface area contributed by atoms with Crippen LogP contribution >= 0.6 is 19.4 Å². The maximum absolute atomic E-state index is 12.3. The SMILES string of the molecule is C[C@H](Cn1cnc2c(N)ncnc21)OCP(=O)(O)OCCCSCCCCCCCCCCCCCCC(C)(C)C. The Morgan fingerprint density at radius 2 is 1.51 bits per heavy atom. The van der Waals surface area contributed by atoms with Gasteiger partial charge in [-0.3, -0.25) is 4.57 Å². The quantitative estimate of drug-likeness (QED) is 0.0889. The second kappa shape index (κ2) is 19.9. The molecule has 9 nitrogen and oxygen atoms in total. The van der Waals surface area contributed by atoms with Gasteiger partial charge in [-0.25, -0.2) is 15.0 Å². The van der Waals surface area contributed by atoms with Crippen LogP contribution in [-0.4, -0.2) is 55.0 Å². The Morgan fingerprint density at radius 1 is 0.927 bits per heavy atom. The van der Waals surface area contributed by atoms with Gasteiger partial charge in [0.1, 0.15) is 18.2 Å². The Kier molecular flexibility index (Phi) is 17.5. The van der Waals surface area contributed by atoms with E-state index in [9.17, 15) is 9.46 Å². The molecule has 0 aliphatic carbocycles. The second-order valence-electron chi connectivity index (χ2n) is 12.4. The number of hydrogen-bond donors (Lipinski definition) is 2. The van der Waals surface area contributed by atoms with Crippen LogP contribution in [0, 0.1) is 5.41 Å². The summed E-state index contributed by atoms with van der Waals surface area (Å²) < 4.78 is 25.0. The predicted molar refractivity (Wildman–Crippen MR) is 172 cm³/mol. The molecule has 0 aliphatic rings. The summed E-state index contributed by atoms with van der Waals surface area (Å²) in [5.74, 6) is 2.40. The van der Waals surface area contributed by atoms with E-state index in [-0.39, 0.29) is 19.1 Å². The summed E-state index contributed by atoms with van der Waals surface area (Å²) in [6, 6.07) is 0. The molecule has 41 heavy (non-hydrogen) atoms. The Balaban J connectivity index is 1.36. The lowest BCUT2D eigenvalue weighted by Crippen LogP contribution is -2.17. The van der Waals surface area contributed by atoms with Crippen LogP contribution in [0.15, 0.2) is 12.7 Å². The summed E-state index contributed by atoms with van der Waals surface area (Å²) in [6.07, 6.45) is 20.8. The molecule has 0 saturated carbocycles. The number of nitrogen functional groups attached to an aromatic ring is 1. The molecular formula is C30H56N5O4PS. The largest absolute Gasteiger partial charge is 0.382 e. The van der Waals surface area contributed by atoms with Crippen molar-refractivity contribution >= 4 is 36.3 Å². The van der Waals surface area contributed by atoms with Gasteiger partial charge >= 0.3 is 7.60 Å². The predicted octanol–water partition coefficient (Wildman–Crippen LogP) is 8.21. The molecule has 3 N–H and O–H groups in total. The topological polar surface area (TPSA) is 125 Å². The Bertz CT molecular complexity index is 1020. The first kappa shape index (κ1) is 36.0. The third kappa shape index (κ3) is 16.9. The lowest BCUT2D eigenvalue weighted by Gasteiger charge is -2.17. The molecule has 0 bridgehead atoms. The maximum atomic E-state index is 12.3. The number of hydrogen-bond acceptors (Lipinski definition) is 8. The first-order chi connectivity index (χ1) is 19.6. The normalized spacial score (nSPS) is 14.5.